The average Bonchev–Trinajstić information content (AvgIpc) is 2.44. The van der Waals surface area contributed by atoms with Crippen LogP contribution in [0.15, 0.2) is 0 Å². The smallest absolute Gasteiger partial charge is 0.217 e. The Hall–Kier alpha value is 0.160. The third kappa shape index (κ3) is 2.82. The second kappa shape index (κ2) is 5.30. The number of hydrogen-bond donors (Lipinski definition) is 0. The number of ether oxygens (including phenoxy) is 1. The Balaban J connectivity index is 2.69. The molecule has 4 nitrogen and oxygen atoms in total. The van der Waals surface area contributed by atoms with Crippen molar-refractivity contribution in [1.29, 1.82) is 0 Å². The fourth-order valence-corrected chi connectivity index (χ4v) is 3.17. The highest BCUT2D eigenvalue weighted by molar-refractivity contribution is 7.89. The summed E-state index contributed by atoms with van der Waals surface area (Å²) in [5, 5.41) is -0.512. The lowest BCUT2D eigenvalue weighted by Crippen LogP contribution is -2.39. The SMILES string of the molecule is CC(CCl)S(=O)(=O)N1CCCOCC1. The first kappa shape index (κ1) is 12.2. The molecule has 1 rings (SSSR count). The molecular formula is C8H16ClNO3S. The molecule has 1 unspecified atom stereocenters. The second-order valence-electron chi connectivity index (χ2n) is 3.37. The third-order valence-corrected chi connectivity index (χ3v) is 5.18. The second-order valence-corrected chi connectivity index (χ2v) is 6.03. The molecule has 0 spiro atoms. The molecule has 0 radical (unpaired) electrons. The van der Waals surface area contributed by atoms with Gasteiger partial charge in [0.25, 0.3) is 0 Å². The maximum absolute atomic E-state index is 11.9. The third-order valence-electron chi connectivity index (χ3n) is 2.27. The molecule has 0 aromatic carbocycles. The summed E-state index contributed by atoms with van der Waals surface area (Å²) in [7, 11) is -3.21. The highest BCUT2D eigenvalue weighted by Gasteiger charge is 2.28. The summed E-state index contributed by atoms with van der Waals surface area (Å²) in [6.45, 7) is 3.75. The van der Waals surface area contributed by atoms with Gasteiger partial charge >= 0.3 is 0 Å². The van der Waals surface area contributed by atoms with E-state index in [0.29, 0.717) is 26.3 Å². The maximum atomic E-state index is 11.9. The van der Waals surface area contributed by atoms with Crippen molar-refractivity contribution in [2.75, 3.05) is 32.2 Å². The summed E-state index contributed by atoms with van der Waals surface area (Å²) < 4.78 is 30.4. The van der Waals surface area contributed by atoms with E-state index in [1.54, 1.807) is 6.92 Å². The summed E-state index contributed by atoms with van der Waals surface area (Å²) in [6, 6.07) is 0. The molecule has 1 heterocycles. The van der Waals surface area contributed by atoms with Gasteiger partial charge in [0.1, 0.15) is 0 Å². The van der Waals surface area contributed by atoms with Gasteiger partial charge in [0, 0.05) is 25.6 Å². The van der Waals surface area contributed by atoms with Gasteiger partial charge in [-0.3, -0.25) is 0 Å². The Morgan fingerprint density at radius 2 is 2.14 bits per heavy atom. The summed E-state index contributed by atoms with van der Waals surface area (Å²) >= 11 is 5.56. The van der Waals surface area contributed by atoms with E-state index in [9.17, 15) is 8.42 Å². The van der Waals surface area contributed by atoms with Crippen molar-refractivity contribution in [1.82, 2.24) is 4.31 Å². The Labute approximate surface area is 90.2 Å². The summed E-state index contributed by atoms with van der Waals surface area (Å²) in [5.74, 6) is 0.139. The summed E-state index contributed by atoms with van der Waals surface area (Å²) in [4.78, 5) is 0. The van der Waals surface area contributed by atoms with Gasteiger partial charge in [-0.25, -0.2) is 8.42 Å². The molecule has 14 heavy (non-hydrogen) atoms. The van der Waals surface area contributed by atoms with Crippen LogP contribution in [0.3, 0.4) is 0 Å². The van der Waals surface area contributed by atoms with Crippen molar-refractivity contribution in [2.24, 2.45) is 0 Å². The molecule has 1 atom stereocenters. The lowest BCUT2D eigenvalue weighted by Gasteiger charge is -2.22. The van der Waals surface area contributed by atoms with Crippen LogP contribution in [-0.4, -0.2) is 50.2 Å². The lowest BCUT2D eigenvalue weighted by atomic mass is 10.5. The number of halogens is 1. The number of rotatable bonds is 3. The number of sulfonamides is 1. The quantitative estimate of drug-likeness (QED) is 0.683. The molecule has 84 valence electrons. The largest absolute Gasteiger partial charge is 0.380 e. The molecule has 1 fully saturated rings. The van der Waals surface area contributed by atoms with Gasteiger partial charge in [0.15, 0.2) is 0 Å². The van der Waals surface area contributed by atoms with Gasteiger partial charge in [-0.15, -0.1) is 11.6 Å². The van der Waals surface area contributed by atoms with Crippen LogP contribution in [0.2, 0.25) is 0 Å². The molecule has 0 aromatic heterocycles. The first-order chi connectivity index (χ1) is 6.59. The number of nitrogens with zero attached hydrogens (tertiary/aromatic N) is 1. The average molecular weight is 242 g/mol. The number of hydrogen-bond acceptors (Lipinski definition) is 3. The molecular weight excluding hydrogens is 226 g/mol. The Morgan fingerprint density at radius 3 is 2.79 bits per heavy atom. The predicted molar refractivity (Wildman–Crippen MR) is 56.1 cm³/mol. The first-order valence-corrected chi connectivity index (χ1v) is 6.75. The fraction of sp³-hybridized carbons (Fsp3) is 1.00. The van der Waals surface area contributed by atoms with Crippen LogP contribution in [0, 0.1) is 0 Å². The van der Waals surface area contributed by atoms with E-state index < -0.39 is 15.3 Å². The van der Waals surface area contributed by atoms with E-state index in [1.807, 2.05) is 0 Å². The van der Waals surface area contributed by atoms with Crippen molar-refractivity contribution in [3.05, 3.63) is 0 Å². The van der Waals surface area contributed by atoms with Crippen LogP contribution >= 0.6 is 11.6 Å². The molecule has 0 bridgehead atoms. The van der Waals surface area contributed by atoms with Crippen LogP contribution in [0.5, 0.6) is 0 Å². The topological polar surface area (TPSA) is 46.6 Å². The van der Waals surface area contributed by atoms with Crippen LogP contribution in [0.1, 0.15) is 13.3 Å². The molecule has 0 saturated carbocycles. The van der Waals surface area contributed by atoms with Crippen molar-refractivity contribution < 1.29 is 13.2 Å². The zero-order chi connectivity index (χ0) is 10.6. The monoisotopic (exact) mass is 241 g/mol. The van der Waals surface area contributed by atoms with E-state index >= 15 is 0 Å². The van der Waals surface area contributed by atoms with Gasteiger partial charge in [-0.2, -0.15) is 4.31 Å². The zero-order valence-electron chi connectivity index (χ0n) is 8.28. The molecule has 0 aromatic rings. The minimum atomic E-state index is -3.21. The van der Waals surface area contributed by atoms with E-state index in [4.69, 9.17) is 16.3 Å². The number of alkyl halides is 1. The first-order valence-electron chi connectivity index (χ1n) is 4.71. The van der Waals surface area contributed by atoms with Gasteiger partial charge in [-0.05, 0) is 13.3 Å². The van der Waals surface area contributed by atoms with E-state index in [-0.39, 0.29) is 5.88 Å². The van der Waals surface area contributed by atoms with E-state index in [2.05, 4.69) is 0 Å². The molecule has 1 aliphatic heterocycles. The van der Waals surface area contributed by atoms with Gasteiger partial charge < -0.3 is 4.74 Å². The summed E-state index contributed by atoms with van der Waals surface area (Å²) in [6.07, 6.45) is 0.758. The van der Waals surface area contributed by atoms with Gasteiger partial charge in [-0.1, -0.05) is 0 Å². The lowest BCUT2D eigenvalue weighted by molar-refractivity contribution is 0.148. The molecule has 1 aliphatic rings. The van der Waals surface area contributed by atoms with Crippen molar-refractivity contribution in [3.63, 3.8) is 0 Å². The maximum Gasteiger partial charge on any atom is 0.217 e. The molecule has 1 saturated heterocycles. The van der Waals surface area contributed by atoms with Crippen LogP contribution in [0.4, 0.5) is 0 Å². The van der Waals surface area contributed by atoms with Crippen LogP contribution in [0.25, 0.3) is 0 Å². The summed E-state index contributed by atoms with van der Waals surface area (Å²) in [5.41, 5.74) is 0. The van der Waals surface area contributed by atoms with E-state index in [1.165, 1.54) is 4.31 Å². The van der Waals surface area contributed by atoms with Gasteiger partial charge in [0.2, 0.25) is 10.0 Å². The van der Waals surface area contributed by atoms with Crippen LogP contribution < -0.4 is 0 Å². The highest BCUT2D eigenvalue weighted by atomic mass is 35.5. The zero-order valence-corrected chi connectivity index (χ0v) is 9.85. The minimum absolute atomic E-state index is 0.139. The Morgan fingerprint density at radius 1 is 1.43 bits per heavy atom. The van der Waals surface area contributed by atoms with Gasteiger partial charge in [0.05, 0.1) is 11.9 Å². The molecule has 0 amide bonds. The van der Waals surface area contributed by atoms with Crippen molar-refractivity contribution in [2.45, 2.75) is 18.6 Å². The normalized spacial score (nSPS) is 23.0. The predicted octanol–water partition coefficient (Wildman–Crippen LogP) is 0.666. The fourth-order valence-electron chi connectivity index (χ4n) is 1.31. The Kier molecular flexibility index (Phi) is 4.63. The van der Waals surface area contributed by atoms with E-state index in [0.717, 1.165) is 6.42 Å². The molecule has 0 N–H and O–H groups in total. The van der Waals surface area contributed by atoms with Crippen molar-refractivity contribution in [3.8, 4) is 0 Å². The molecule has 0 aliphatic carbocycles. The Bertz CT molecular complexity index is 260. The van der Waals surface area contributed by atoms with Crippen LogP contribution in [-0.2, 0) is 14.8 Å². The van der Waals surface area contributed by atoms with Crippen molar-refractivity contribution >= 4 is 21.6 Å². The minimum Gasteiger partial charge on any atom is -0.380 e. The standard InChI is InChI=1S/C8H16ClNO3S/c1-8(7-9)14(11,12)10-3-2-5-13-6-4-10/h8H,2-7H2,1H3. The highest BCUT2D eigenvalue weighted by Crippen LogP contribution is 2.12. The molecule has 6 heteroatoms.